The van der Waals surface area contributed by atoms with E-state index in [-0.39, 0.29) is 5.69 Å². The van der Waals surface area contributed by atoms with Crippen molar-refractivity contribution in [3.05, 3.63) is 57.4 Å². The second-order valence-electron chi connectivity index (χ2n) is 5.27. The molecule has 2 aromatic heterocycles. The molecule has 3 aromatic rings. The molecule has 6 nitrogen and oxygen atoms in total. The van der Waals surface area contributed by atoms with Crippen LogP contribution in [0.4, 0.5) is 5.69 Å². The molecule has 0 spiro atoms. The maximum absolute atomic E-state index is 10.9. The topological polar surface area (TPSA) is 81.8 Å². The normalized spacial score (nSPS) is 10.9. The molecule has 0 aliphatic rings. The molecule has 0 aliphatic carbocycles. The Bertz CT molecular complexity index is 906. The Morgan fingerprint density at radius 2 is 1.82 bits per heavy atom. The summed E-state index contributed by atoms with van der Waals surface area (Å²) in [6.07, 6.45) is 1.69. The van der Waals surface area contributed by atoms with E-state index in [9.17, 15) is 10.1 Å². The number of nitro groups is 1. The second kappa shape index (κ2) is 5.14. The number of fused-ring (bicyclic) bond motifs is 1. The zero-order valence-corrected chi connectivity index (χ0v) is 12.5. The van der Waals surface area contributed by atoms with Crippen LogP contribution in [0.2, 0.25) is 0 Å². The van der Waals surface area contributed by atoms with Gasteiger partial charge in [-0.2, -0.15) is 0 Å². The van der Waals surface area contributed by atoms with Gasteiger partial charge in [0, 0.05) is 22.9 Å². The van der Waals surface area contributed by atoms with Crippen LogP contribution in [0.15, 0.2) is 30.5 Å². The molecule has 0 atom stereocenters. The fourth-order valence-electron chi connectivity index (χ4n) is 2.49. The number of pyridine rings is 1. The Balaban J connectivity index is 2.14. The van der Waals surface area contributed by atoms with E-state index in [4.69, 9.17) is 0 Å². The molecule has 1 aromatic carbocycles. The van der Waals surface area contributed by atoms with Gasteiger partial charge in [-0.3, -0.25) is 10.1 Å². The summed E-state index contributed by atoms with van der Waals surface area (Å²) in [4.78, 5) is 23.8. The zero-order chi connectivity index (χ0) is 15.9. The molecule has 22 heavy (non-hydrogen) atoms. The van der Waals surface area contributed by atoms with Crippen LogP contribution < -0.4 is 0 Å². The summed E-state index contributed by atoms with van der Waals surface area (Å²) in [5, 5.41) is 10.9. The monoisotopic (exact) mass is 294 g/mol. The SMILES string of the molecule is Cc1cc(C)c2nc(-c3ccc([N+](=O)[O-])c(C)c3)ncc2n1. The smallest absolute Gasteiger partial charge is 0.258 e. The van der Waals surface area contributed by atoms with Gasteiger partial charge in [-0.1, -0.05) is 0 Å². The van der Waals surface area contributed by atoms with Crippen molar-refractivity contribution in [2.75, 3.05) is 0 Å². The van der Waals surface area contributed by atoms with E-state index < -0.39 is 4.92 Å². The van der Waals surface area contributed by atoms with Crippen molar-refractivity contribution < 1.29 is 4.92 Å². The van der Waals surface area contributed by atoms with Crippen LogP contribution in [0, 0.1) is 30.9 Å². The van der Waals surface area contributed by atoms with Gasteiger partial charge in [0.25, 0.3) is 5.69 Å². The van der Waals surface area contributed by atoms with Gasteiger partial charge in [-0.05, 0) is 44.5 Å². The Kier molecular flexibility index (Phi) is 3.29. The first-order valence-corrected chi connectivity index (χ1v) is 6.82. The maximum atomic E-state index is 10.9. The summed E-state index contributed by atoms with van der Waals surface area (Å²) in [6, 6.07) is 6.86. The number of nitro benzene ring substituents is 1. The van der Waals surface area contributed by atoms with E-state index in [0.29, 0.717) is 11.4 Å². The molecule has 0 N–H and O–H groups in total. The first-order valence-electron chi connectivity index (χ1n) is 6.82. The van der Waals surface area contributed by atoms with Crippen LogP contribution in [0.1, 0.15) is 16.8 Å². The molecule has 0 saturated carbocycles. The summed E-state index contributed by atoms with van der Waals surface area (Å²) in [7, 11) is 0. The number of aromatic nitrogens is 3. The third kappa shape index (κ3) is 2.39. The van der Waals surface area contributed by atoms with Gasteiger partial charge in [0.1, 0.15) is 5.52 Å². The third-order valence-electron chi connectivity index (χ3n) is 3.52. The van der Waals surface area contributed by atoms with Crippen molar-refractivity contribution in [1.82, 2.24) is 15.0 Å². The summed E-state index contributed by atoms with van der Waals surface area (Å²) in [6.45, 7) is 5.62. The van der Waals surface area contributed by atoms with Gasteiger partial charge < -0.3 is 0 Å². The number of hydrogen-bond donors (Lipinski definition) is 0. The van der Waals surface area contributed by atoms with Crippen LogP contribution in [-0.4, -0.2) is 19.9 Å². The standard InChI is InChI=1S/C16H14N4O2/c1-9-7-12(4-5-14(9)20(21)22)16-17-8-13-15(19-16)10(2)6-11(3)18-13/h4-8H,1-3H3. The highest BCUT2D eigenvalue weighted by molar-refractivity contribution is 5.79. The minimum atomic E-state index is -0.392. The zero-order valence-electron chi connectivity index (χ0n) is 12.5. The molecular formula is C16H14N4O2. The van der Waals surface area contributed by atoms with E-state index in [1.807, 2.05) is 19.9 Å². The highest BCUT2D eigenvalue weighted by Crippen LogP contribution is 2.25. The van der Waals surface area contributed by atoms with Crippen molar-refractivity contribution in [3.8, 4) is 11.4 Å². The van der Waals surface area contributed by atoms with Gasteiger partial charge >= 0.3 is 0 Å². The van der Waals surface area contributed by atoms with E-state index in [1.165, 1.54) is 6.07 Å². The fraction of sp³-hybridized carbons (Fsp3) is 0.188. The predicted molar refractivity (Wildman–Crippen MR) is 83.6 cm³/mol. The van der Waals surface area contributed by atoms with Gasteiger partial charge in [0.15, 0.2) is 5.82 Å². The highest BCUT2D eigenvalue weighted by Gasteiger charge is 2.13. The molecule has 0 saturated heterocycles. The molecule has 2 heterocycles. The van der Waals surface area contributed by atoms with Crippen molar-refractivity contribution >= 4 is 16.7 Å². The van der Waals surface area contributed by atoms with Crippen LogP contribution >= 0.6 is 0 Å². The Morgan fingerprint density at radius 3 is 2.50 bits per heavy atom. The minimum Gasteiger partial charge on any atom is -0.258 e. The molecule has 0 amide bonds. The van der Waals surface area contributed by atoms with Crippen molar-refractivity contribution in [1.29, 1.82) is 0 Å². The third-order valence-corrected chi connectivity index (χ3v) is 3.52. The van der Waals surface area contributed by atoms with Crippen LogP contribution in [-0.2, 0) is 0 Å². The molecule has 3 rings (SSSR count). The summed E-state index contributed by atoms with van der Waals surface area (Å²) in [5.41, 5.74) is 4.94. The predicted octanol–water partition coefficient (Wildman–Crippen LogP) is 3.53. The molecule has 0 bridgehead atoms. The van der Waals surface area contributed by atoms with E-state index >= 15 is 0 Å². The van der Waals surface area contributed by atoms with E-state index in [2.05, 4.69) is 15.0 Å². The lowest BCUT2D eigenvalue weighted by atomic mass is 10.1. The quantitative estimate of drug-likeness (QED) is 0.533. The lowest BCUT2D eigenvalue weighted by molar-refractivity contribution is -0.385. The Hall–Kier alpha value is -2.89. The number of benzene rings is 1. The van der Waals surface area contributed by atoms with Crippen LogP contribution in [0.5, 0.6) is 0 Å². The molecule has 0 fully saturated rings. The van der Waals surface area contributed by atoms with Crippen LogP contribution in [0.25, 0.3) is 22.4 Å². The summed E-state index contributed by atoms with van der Waals surface area (Å²) >= 11 is 0. The van der Waals surface area contributed by atoms with Crippen LogP contribution in [0.3, 0.4) is 0 Å². The second-order valence-corrected chi connectivity index (χ2v) is 5.27. The van der Waals surface area contributed by atoms with Crippen molar-refractivity contribution in [3.63, 3.8) is 0 Å². The lowest BCUT2D eigenvalue weighted by Crippen LogP contribution is -1.96. The Morgan fingerprint density at radius 1 is 1.05 bits per heavy atom. The molecule has 0 unspecified atom stereocenters. The Labute approximate surface area is 127 Å². The van der Waals surface area contributed by atoms with Gasteiger partial charge in [-0.15, -0.1) is 0 Å². The van der Waals surface area contributed by atoms with Gasteiger partial charge in [0.05, 0.1) is 16.6 Å². The van der Waals surface area contributed by atoms with Crippen molar-refractivity contribution in [2.45, 2.75) is 20.8 Å². The number of nitrogens with zero attached hydrogens (tertiary/aromatic N) is 4. The molecule has 6 heteroatoms. The van der Waals surface area contributed by atoms with E-state index in [0.717, 1.165) is 27.9 Å². The lowest BCUT2D eigenvalue weighted by Gasteiger charge is -2.06. The highest BCUT2D eigenvalue weighted by atomic mass is 16.6. The number of hydrogen-bond acceptors (Lipinski definition) is 5. The fourth-order valence-corrected chi connectivity index (χ4v) is 2.49. The number of aryl methyl sites for hydroxylation is 3. The summed E-state index contributed by atoms with van der Waals surface area (Å²) < 4.78 is 0. The maximum Gasteiger partial charge on any atom is 0.272 e. The largest absolute Gasteiger partial charge is 0.272 e. The minimum absolute atomic E-state index is 0.0954. The first-order chi connectivity index (χ1) is 10.5. The average molecular weight is 294 g/mol. The molecule has 110 valence electrons. The number of rotatable bonds is 2. The average Bonchev–Trinajstić information content (AvgIpc) is 2.46. The first kappa shape index (κ1) is 14.1. The molecular weight excluding hydrogens is 280 g/mol. The molecule has 0 aliphatic heterocycles. The van der Waals surface area contributed by atoms with Crippen molar-refractivity contribution in [2.24, 2.45) is 0 Å². The van der Waals surface area contributed by atoms with Gasteiger partial charge in [-0.25, -0.2) is 15.0 Å². The van der Waals surface area contributed by atoms with Gasteiger partial charge in [0.2, 0.25) is 0 Å². The molecule has 0 radical (unpaired) electrons. The van der Waals surface area contributed by atoms with E-state index in [1.54, 1.807) is 25.3 Å². The summed E-state index contributed by atoms with van der Waals surface area (Å²) in [5.74, 6) is 0.541.